The summed E-state index contributed by atoms with van der Waals surface area (Å²) in [5.41, 5.74) is 0.693. The van der Waals surface area contributed by atoms with Crippen LogP contribution < -0.4 is 10.1 Å². The minimum atomic E-state index is -4.77. The van der Waals surface area contributed by atoms with Crippen LogP contribution in [0, 0.1) is 5.82 Å². The number of aliphatic hydroxyl groups is 1. The quantitative estimate of drug-likeness (QED) is 0.791. The van der Waals surface area contributed by atoms with Crippen LogP contribution >= 0.6 is 0 Å². The van der Waals surface area contributed by atoms with Crippen LogP contribution in [0.3, 0.4) is 0 Å². The SMILES string of the molecule is OC(COc1ccc(CNC2CC2)cc1F)C(F)(F)F. The smallest absolute Gasteiger partial charge is 0.417 e. The maximum atomic E-state index is 13.6. The second-order valence-corrected chi connectivity index (χ2v) is 4.79. The van der Waals surface area contributed by atoms with Gasteiger partial charge in [0.1, 0.15) is 6.61 Å². The Morgan fingerprint density at radius 3 is 2.60 bits per heavy atom. The van der Waals surface area contributed by atoms with Gasteiger partial charge in [-0.3, -0.25) is 0 Å². The number of aliphatic hydroxyl groups excluding tert-OH is 1. The first-order chi connectivity index (χ1) is 9.36. The van der Waals surface area contributed by atoms with E-state index in [4.69, 9.17) is 5.11 Å². The molecular weight excluding hydrogens is 278 g/mol. The second kappa shape index (κ2) is 5.97. The second-order valence-electron chi connectivity index (χ2n) is 4.79. The Kier molecular flexibility index (Phi) is 4.49. The van der Waals surface area contributed by atoms with Gasteiger partial charge in [-0.25, -0.2) is 4.39 Å². The van der Waals surface area contributed by atoms with E-state index in [9.17, 15) is 17.6 Å². The van der Waals surface area contributed by atoms with Gasteiger partial charge in [-0.1, -0.05) is 6.07 Å². The van der Waals surface area contributed by atoms with Crippen molar-refractivity contribution in [2.75, 3.05) is 6.61 Å². The molecular formula is C13H15F4NO2. The van der Waals surface area contributed by atoms with E-state index in [-0.39, 0.29) is 5.75 Å². The molecule has 2 rings (SSSR count). The van der Waals surface area contributed by atoms with Gasteiger partial charge < -0.3 is 15.2 Å². The molecule has 3 nitrogen and oxygen atoms in total. The lowest BCUT2D eigenvalue weighted by Gasteiger charge is -2.15. The number of rotatable bonds is 6. The van der Waals surface area contributed by atoms with Gasteiger partial charge >= 0.3 is 6.18 Å². The maximum Gasteiger partial charge on any atom is 0.417 e. The van der Waals surface area contributed by atoms with E-state index in [0.29, 0.717) is 18.2 Å². The number of hydrogen-bond donors (Lipinski definition) is 2. The van der Waals surface area contributed by atoms with Crippen molar-refractivity contribution in [3.05, 3.63) is 29.6 Å². The van der Waals surface area contributed by atoms with Gasteiger partial charge in [0.15, 0.2) is 17.7 Å². The largest absolute Gasteiger partial charge is 0.487 e. The number of ether oxygens (including phenoxy) is 1. The molecule has 1 atom stereocenters. The molecule has 0 heterocycles. The van der Waals surface area contributed by atoms with Gasteiger partial charge in [-0.2, -0.15) is 13.2 Å². The molecule has 2 N–H and O–H groups in total. The highest BCUT2D eigenvalue weighted by Gasteiger charge is 2.38. The third-order valence-electron chi connectivity index (χ3n) is 2.94. The van der Waals surface area contributed by atoms with Gasteiger partial charge in [0.2, 0.25) is 0 Å². The predicted octanol–water partition coefficient (Wildman–Crippen LogP) is 2.38. The number of alkyl halides is 3. The lowest BCUT2D eigenvalue weighted by atomic mass is 10.2. The lowest BCUT2D eigenvalue weighted by Crippen LogP contribution is -2.34. The van der Waals surface area contributed by atoms with Gasteiger partial charge in [0.05, 0.1) is 0 Å². The Balaban J connectivity index is 1.88. The summed E-state index contributed by atoms with van der Waals surface area (Å²) in [7, 11) is 0. The molecule has 1 saturated carbocycles. The highest BCUT2D eigenvalue weighted by molar-refractivity contribution is 5.29. The lowest BCUT2D eigenvalue weighted by molar-refractivity contribution is -0.210. The third kappa shape index (κ3) is 4.35. The van der Waals surface area contributed by atoms with E-state index in [2.05, 4.69) is 10.1 Å². The van der Waals surface area contributed by atoms with Crippen molar-refractivity contribution in [2.24, 2.45) is 0 Å². The molecule has 1 aromatic rings. The predicted molar refractivity (Wildman–Crippen MR) is 63.8 cm³/mol. The maximum absolute atomic E-state index is 13.6. The minimum absolute atomic E-state index is 0.302. The number of nitrogens with one attached hydrogen (secondary N) is 1. The summed E-state index contributed by atoms with van der Waals surface area (Å²) in [6.07, 6.45) is -5.18. The van der Waals surface area contributed by atoms with Crippen molar-refractivity contribution >= 4 is 0 Å². The zero-order valence-electron chi connectivity index (χ0n) is 10.6. The van der Waals surface area contributed by atoms with Crippen LogP contribution in [0.2, 0.25) is 0 Å². The van der Waals surface area contributed by atoms with Crippen molar-refractivity contribution in [3.63, 3.8) is 0 Å². The van der Waals surface area contributed by atoms with Crippen LogP contribution in [-0.4, -0.2) is 30.0 Å². The summed E-state index contributed by atoms with van der Waals surface area (Å²) >= 11 is 0. The fourth-order valence-corrected chi connectivity index (χ4v) is 1.58. The number of hydrogen-bond acceptors (Lipinski definition) is 3. The molecule has 112 valence electrons. The normalized spacial score (nSPS) is 17.1. The number of halogens is 4. The van der Waals surface area contributed by atoms with Crippen molar-refractivity contribution in [2.45, 2.75) is 37.7 Å². The molecule has 0 radical (unpaired) electrons. The summed E-state index contributed by atoms with van der Waals surface area (Å²) in [6.45, 7) is -0.521. The van der Waals surface area contributed by atoms with Crippen LogP contribution in [0.4, 0.5) is 17.6 Å². The topological polar surface area (TPSA) is 41.5 Å². The third-order valence-corrected chi connectivity index (χ3v) is 2.94. The standard InChI is InChI=1S/C13H15F4NO2/c14-10-5-8(6-18-9-2-3-9)1-4-11(10)20-7-12(19)13(15,16)17/h1,4-5,9,12,18-19H,2-3,6-7H2. The molecule has 1 aromatic carbocycles. The summed E-state index contributed by atoms with van der Waals surface area (Å²) in [6, 6.07) is 4.54. The molecule has 0 bridgehead atoms. The first-order valence-corrected chi connectivity index (χ1v) is 6.25. The zero-order valence-corrected chi connectivity index (χ0v) is 10.6. The molecule has 0 saturated heterocycles. The van der Waals surface area contributed by atoms with Gasteiger partial charge in [0.25, 0.3) is 0 Å². The monoisotopic (exact) mass is 293 g/mol. The average molecular weight is 293 g/mol. The highest BCUT2D eigenvalue weighted by Crippen LogP contribution is 2.24. The van der Waals surface area contributed by atoms with E-state index in [0.717, 1.165) is 12.8 Å². The van der Waals surface area contributed by atoms with E-state index >= 15 is 0 Å². The van der Waals surface area contributed by atoms with Crippen molar-refractivity contribution in [1.29, 1.82) is 0 Å². The van der Waals surface area contributed by atoms with E-state index in [1.165, 1.54) is 12.1 Å². The van der Waals surface area contributed by atoms with Gasteiger partial charge in [-0.05, 0) is 30.5 Å². The van der Waals surface area contributed by atoms with Crippen molar-refractivity contribution in [3.8, 4) is 5.75 Å². The average Bonchev–Trinajstić information content (AvgIpc) is 3.17. The summed E-state index contributed by atoms with van der Waals surface area (Å²) in [5.74, 6) is -1.04. The fraction of sp³-hybridized carbons (Fsp3) is 0.538. The van der Waals surface area contributed by atoms with Crippen molar-refractivity contribution < 1.29 is 27.4 Å². The highest BCUT2D eigenvalue weighted by atomic mass is 19.4. The minimum Gasteiger partial charge on any atom is -0.487 e. The van der Waals surface area contributed by atoms with Crippen molar-refractivity contribution in [1.82, 2.24) is 5.32 Å². The Labute approximate surface area is 113 Å². The fourth-order valence-electron chi connectivity index (χ4n) is 1.58. The van der Waals surface area contributed by atoms with Gasteiger partial charge in [-0.15, -0.1) is 0 Å². The van der Waals surface area contributed by atoms with Crippen LogP contribution in [0.15, 0.2) is 18.2 Å². The molecule has 1 aliphatic rings. The molecule has 0 aromatic heterocycles. The molecule has 7 heteroatoms. The van der Waals surface area contributed by atoms with Crippen LogP contribution in [-0.2, 0) is 6.54 Å². The zero-order chi connectivity index (χ0) is 14.8. The molecule has 0 spiro atoms. The Bertz CT molecular complexity index is 460. The van der Waals surface area contributed by atoms with Crippen LogP contribution in [0.5, 0.6) is 5.75 Å². The van der Waals surface area contributed by atoms with E-state index in [1.54, 1.807) is 6.07 Å². The first-order valence-electron chi connectivity index (χ1n) is 6.25. The summed E-state index contributed by atoms with van der Waals surface area (Å²) < 4.78 is 54.5. The molecule has 20 heavy (non-hydrogen) atoms. The molecule has 1 unspecified atom stereocenters. The Hall–Kier alpha value is -1.34. The van der Waals surface area contributed by atoms with E-state index in [1.807, 2.05) is 0 Å². The molecule has 1 aliphatic carbocycles. The molecule has 0 amide bonds. The molecule has 1 fully saturated rings. The van der Waals surface area contributed by atoms with Gasteiger partial charge in [0, 0.05) is 12.6 Å². The first kappa shape index (κ1) is 15.1. The van der Waals surface area contributed by atoms with E-state index < -0.39 is 24.7 Å². The summed E-state index contributed by atoms with van der Waals surface area (Å²) in [5, 5.41) is 12.0. The Morgan fingerprint density at radius 1 is 1.35 bits per heavy atom. The number of benzene rings is 1. The Morgan fingerprint density at radius 2 is 2.05 bits per heavy atom. The summed E-state index contributed by atoms with van der Waals surface area (Å²) in [4.78, 5) is 0. The van der Waals surface area contributed by atoms with Crippen LogP contribution in [0.1, 0.15) is 18.4 Å². The molecule has 0 aliphatic heterocycles. The van der Waals surface area contributed by atoms with Crippen LogP contribution in [0.25, 0.3) is 0 Å².